The second-order valence-electron chi connectivity index (χ2n) is 5.96. The van der Waals surface area contributed by atoms with E-state index in [-0.39, 0.29) is 5.91 Å². The van der Waals surface area contributed by atoms with Crippen molar-refractivity contribution >= 4 is 12.0 Å². The lowest BCUT2D eigenvalue weighted by Crippen LogP contribution is -2.43. The Kier molecular flexibility index (Phi) is 6.04. The van der Waals surface area contributed by atoms with E-state index in [1.54, 1.807) is 26.4 Å². The lowest BCUT2D eigenvalue weighted by molar-refractivity contribution is -0.127. The van der Waals surface area contributed by atoms with Crippen LogP contribution in [0.15, 0.2) is 24.3 Å². The molecule has 1 aromatic carbocycles. The Morgan fingerprint density at radius 1 is 1.17 bits per heavy atom. The molecule has 0 spiro atoms. The minimum absolute atomic E-state index is 0.0290. The van der Waals surface area contributed by atoms with Gasteiger partial charge in [0.1, 0.15) is 11.5 Å². The molecule has 0 N–H and O–H groups in total. The van der Waals surface area contributed by atoms with Gasteiger partial charge in [-0.05, 0) is 56.8 Å². The van der Waals surface area contributed by atoms with E-state index in [4.69, 9.17) is 9.47 Å². The summed E-state index contributed by atoms with van der Waals surface area (Å²) in [6, 6.07) is 5.89. The van der Waals surface area contributed by atoms with E-state index in [1.165, 1.54) is 0 Å². The highest BCUT2D eigenvalue weighted by atomic mass is 16.5. The molecule has 0 aromatic heterocycles. The van der Waals surface area contributed by atoms with Gasteiger partial charge in [-0.25, -0.2) is 0 Å². The van der Waals surface area contributed by atoms with Crippen molar-refractivity contribution in [2.75, 3.05) is 41.4 Å². The van der Waals surface area contributed by atoms with Gasteiger partial charge in [0.15, 0.2) is 0 Å². The molecule has 1 aromatic rings. The summed E-state index contributed by atoms with van der Waals surface area (Å²) in [6.07, 6.45) is 5.48. The van der Waals surface area contributed by atoms with E-state index in [0.29, 0.717) is 17.5 Å². The number of likely N-dealkylation sites (N-methyl/N-ethyl adjacent to an activating group) is 1. The third kappa shape index (κ3) is 4.73. The van der Waals surface area contributed by atoms with Crippen LogP contribution in [0.1, 0.15) is 18.4 Å². The minimum atomic E-state index is 0.0290. The van der Waals surface area contributed by atoms with E-state index >= 15 is 0 Å². The van der Waals surface area contributed by atoms with Gasteiger partial charge in [-0.1, -0.05) is 0 Å². The van der Waals surface area contributed by atoms with E-state index in [2.05, 4.69) is 11.9 Å². The van der Waals surface area contributed by atoms with Crippen molar-refractivity contribution in [2.24, 2.45) is 0 Å². The van der Waals surface area contributed by atoms with Crippen LogP contribution >= 0.6 is 0 Å². The van der Waals surface area contributed by atoms with Crippen LogP contribution in [-0.2, 0) is 4.79 Å². The van der Waals surface area contributed by atoms with Crippen molar-refractivity contribution in [3.05, 3.63) is 29.8 Å². The second kappa shape index (κ2) is 8.02. The quantitative estimate of drug-likeness (QED) is 0.781. The Bertz CT molecular complexity index is 541. The van der Waals surface area contributed by atoms with Crippen molar-refractivity contribution in [2.45, 2.75) is 18.9 Å². The highest BCUT2D eigenvalue weighted by molar-refractivity contribution is 5.92. The molecule has 0 radical (unpaired) electrons. The summed E-state index contributed by atoms with van der Waals surface area (Å²) in [5.74, 6) is 1.45. The van der Waals surface area contributed by atoms with Crippen LogP contribution in [-0.4, -0.2) is 63.2 Å². The van der Waals surface area contributed by atoms with Crippen molar-refractivity contribution in [3.63, 3.8) is 0 Å². The highest BCUT2D eigenvalue weighted by Gasteiger charge is 2.22. The molecule has 1 amide bonds. The van der Waals surface area contributed by atoms with Crippen LogP contribution in [0.25, 0.3) is 6.08 Å². The van der Waals surface area contributed by atoms with Gasteiger partial charge in [0.2, 0.25) is 5.91 Å². The smallest absolute Gasteiger partial charge is 0.246 e. The van der Waals surface area contributed by atoms with Gasteiger partial charge in [0, 0.05) is 25.2 Å². The van der Waals surface area contributed by atoms with Crippen LogP contribution in [0.3, 0.4) is 0 Å². The zero-order chi connectivity index (χ0) is 16.8. The normalized spacial score (nSPS) is 16.5. The Balaban J connectivity index is 2.02. The summed E-state index contributed by atoms with van der Waals surface area (Å²) in [7, 11) is 7.23. The van der Waals surface area contributed by atoms with E-state index in [1.807, 2.05) is 30.1 Å². The first-order valence-electron chi connectivity index (χ1n) is 7.90. The molecule has 1 aliphatic heterocycles. The number of ether oxygens (including phenoxy) is 2. The number of likely N-dealkylation sites (tertiary alicyclic amines) is 1. The summed E-state index contributed by atoms with van der Waals surface area (Å²) < 4.78 is 10.5. The number of hydrogen-bond acceptors (Lipinski definition) is 4. The summed E-state index contributed by atoms with van der Waals surface area (Å²) in [5, 5.41) is 0. The fourth-order valence-electron chi connectivity index (χ4n) is 2.77. The van der Waals surface area contributed by atoms with Gasteiger partial charge in [-0.15, -0.1) is 0 Å². The van der Waals surface area contributed by atoms with Crippen LogP contribution < -0.4 is 9.47 Å². The first-order chi connectivity index (χ1) is 11.0. The number of hydrogen-bond donors (Lipinski definition) is 0. The summed E-state index contributed by atoms with van der Waals surface area (Å²) in [5.41, 5.74) is 0.881. The Labute approximate surface area is 138 Å². The van der Waals surface area contributed by atoms with Gasteiger partial charge in [-0.3, -0.25) is 4.79 Å². The number of carbonyl (C=O) groups is 1. The molecule has 1 heterocycles. The summed E-state index contributed by atoms with van der Waals surface area (Å²) in [4.78, 5) is 16.5. The number of carbonyl (C=O) groups excluding carboxylic acids is 1. The SMILES string of the molecule is COc1cc(/C=C\C(=O)N(C)C2CCN(C)CC2)cc(OC)c1. The van der Waals surface area contributed by atoms with Crippen molar-refractivity contribution in [3.8, 4) is 11.5 Å². The maximum atomic E-state index is 12.4. The number of piperidine rings is 1. The lowest BCUT2D eigenvalue weighted by Gasteiger charge is -2.34. The molecule has 1 fully saturated rings. The summed E-state index contributed by atoms with van der Waals surface area (Å²) in [6.45, 7) is 2.08. The largest absolute Gasteiger partial charge is 0.497 e. The lowest BCUT2D eigenvalue weighted by atomic mass is 10.0. The molecule has 1 saturated heterocycles. The molecule has 1 aliphatic rings. The van der Waals surface area contributed by atoms with Crippen LogP contribution in [0.4, 0.5) is 0 Å². The topological polar surface area (TPSA) is 42.0 Å². The molecule has 5 nitrogen and oxygen atoms in total. The molecule has 126 valence electrons. The van der Waals surface area contributed by atoms with E-state index < -0.39 is 0 Å². The number of amides is 1. The average molecular weight is 318 g/mol. The number of benzene rings is 1. The fraction of sp³-hybridized carbons (Fsp3) is 0.500. The number of methoxy groups -OCH3 is 2. The zero-order valence-corrected chi connectivity index (χ0v) is 14.4. The van der Waals surface area contributed by atoms with Gasteiger partial charge in [-0.2, -0.15) is 0 Å². The van der Waals surface area contributed by atoms with Crippen LogP contribution in [0.2, 0.25) is 0 Å². The van der Waals surface area contributed by atoms with Crippen LogP contribution in [0.5, 0.6) is 11.5 Å². The molecule has 0 saturated carbocycles. The highest BCUT2D eigenvalue weighted by Crippen LogP contribution is 2.23. The van der Waals surface area contributed by atoms with Gasteiger partial charge >= 0.3 is 0 Å². The van der Waals surface area contributed by atoms with E-state index in [0.717, 1.165) is 31.5 Å². The van der Waals surface area contributed by atoms with Crippen molar-refractivity contribution in [1.82, 2.24) is 9.80 Å². The molecule has 0 atom stereocenters. The molecule has 2 rings (SSSR count). The fourth-order valence-corrected chi connectivity index (χ4v) is 2.77. The maximum absolute atomic E-state index is 12.4. The maximum Gasteiger partial charge on any atom is 0.246 e. The average Bonchev–Trinajstić information content (AvgIpc) is 2.59. The molecule has 23 heavy (non-hydrogen) atoms. The Hall–Kier alpha value is -2.01. The predicted molar refractivity (Wildman–Crippen MR) is 91.9 cm³/mol. The third-order valence-corrected chi connectivity index (χ3v) is 4.38. The van der Waals surface area contributed by atoms with Crippen molar-refractivity contribution < 1.29 is 14.3 Å². The van der Waals surface area contributed by atoms with E-state index in [9.17, 15) is 4.79 Å². The predicted octanol–water partition coefficient (Wildman–Crippen LogP) is 2.27. The zero-order valence-electron chi connectivity index (χ0n) is 14.4. The minimum Gasteiger partial charge on any atom is -0.497 e. The standard InChI is InChI=1S/C18H26N2O3/c1-19-9-7-15(8-10-19)20(2)18(21)6-5-14-11-16(22-3)13-17(12-14)23-4/h5-6,11-13,15H,7-10H2,1-4H3/b6-5-. The van der Waals surface area contributed by atoms with Gasteiger partial charge in [0.05, 0.1) is 14.2 Å². The van der Waals surface area contributed by atoms with Gasteiger partial charge < -0.3 is 19.3 Å². The van der Waals surface area contributed by atoms with Gasteiger partial charge in [0.25, 0.3) is 0 Å². The molecule has 5 heteroatoms. The third-order valence-electron chi connectivity index (χ3n) is 4.38. The molecule has 0 unspecified atom stereocenters. The second-order valence-corrected chi connectivity index (χ2v) is 5.96. The van der Waals surface area contributed by atoms with Crippen LogP contribution in [0, 0.1) is 0 Å². The van der Waals surface area contributed by atoms with Crippen molar-refractivity contribution in [1.29, 1.82) is 0 Å². The number of rotatable bonds is 5. The molecule has 0 bridgehead atoms. The first-order valence-corrected chi connectivity index (χ1v) is 7.90. The molecular formula is C18H26N2O3. The molecular weight excluding hydrogens is 292 g/mol. The number of nitrogens with zero attached hydrogens (tertiary/aromatic N) is 2. The molecule has 0 aliphatic carbocycles. The summed E-state index contributed by atoms with van der Waals surface area (Å²) >= 11 is 0. The Morgan fingerprint density at radius 2 is 1.74 bits per heavy atom. The monoisotopic (exact) mass is 318 g/mol. The first kappa shape index (κ1) is 17.3. The Morgan fingerprint density at radius 3 is 2.26 bits per heavy atom.